The third kappa shape index (κ3) is 1.49. The van der Waals surface area contributed by atoms with Crippen LogP contribution in [0.3, 0.4) is 0 Å². The molecule has 0 fully saturated rings. The molecule has 0 saturated carbocycles. The van der Waals surface area contributed by atoms with Gasteiger partial charge in [-0.15, -0.1) is 0 Å². The van der Waals surface area contributed by atoms with Crippen molar-refractivity contribution in [3.63, 3.8) is 0 Å². The van der Waals surface area contributed by atoms with Crippen molar-refractivity contribution in [1.82, 2.24) is 10.2 Å². The monoisotopic (exact) mass is 123 g/mol. The first-order valence-corrected chi connectivity index (χ1v) is 2.40. The third-order valence-electron chi connectivity index (χ3n) is 0.810. The maximum atomic E-state index is 9.81. The van der Waals surface area contributed by atoms with Crippen LogP contribution in [0, 0.1) is 0 Å². The van der Waals surface area contributed by atoms with Gasteiger partial charge in [-0.1, -0.05) is 0 Å². The highest BCUT2D eigenvalue weighted by molar-refractivity contribution is 5.70. The van der Waals surface area contributed by atoms with Crippen molar-refractivity contribution in [1.29, 1.82) is 0 Å². The van der Waals surface area contributed by atoms with Gasteiger partial charge in [-0.2, -0.15) is 10.2 Å². The second kappa shape index (κ2) is 2.76. The van der Waals surface area contributed by atoms with Gasteiger partial charge in [-0.05, 0) is 6.07 Å². The fraction of sp³-hybridized carbons (Fsp3) is 0. The van der Waals surface area contributed by atoms with Crippen molar-refractivity contribution < 1.29 is 4.79 Å². The largest absolute Gasteiger partial charge is 0.327 e. The smallest absolute Gasteiger partial charge is 0.211 e. The number of aromatic nitrogens is 2. The molecule has 0 saturated heterocycles. The van der Waals surface area contributed by atoms with Gasteiger partial charge in [0.25, 0.3) is 0 Å². The molecule has 1 aromatic rings. The lowest BCUT2D eigenvalue weighted by molar-refractivity contribution is -0.105. The van der Waals surface area contributed by atoms with E-state index in [4.69, 9.17) is 0 Å². The van der Waals surface area contributed by atoms with E-state index in [2.05, 4.69) is 15.5 Å². The maximum absolute atomic E-state index is 9.81. The Morgan fingerprint density at radius 3 is 3.00 bits per heavy atom. The quantitative estimate of drug-likeness (QED) is 0.565. The van der Waals surface area contributed by atoms with Gasteiger partial charge in [0.05, 0.1) is 18.1 Å². The summed E-state index contributed by atoms with van der Waals surface area (Å²) in [7, 11) is 0. The molecule has 46 valence electrons. The predicted molar refractivity (Wildman–Crippen MR) is 31.7 cm³/mol. The molecular formula is C5H5N3O. The average molecular weight is 123 g/mol. The normalized spacial score (nSPS) is 8.44. The standard InChI is InChI=1S/C5H5N3O/c9-4-6-5-1-2-7-8-3-5/h1-4H,(H,6,7,9). The minimum atomic E-state index is 0.594. The van der Waals surface area contributed by atoms with E-state index in [1.54, 1.807) is 6.07 Å². The minimum absolute atomic E-state index is 0.594. The number of anilines is 1. The number of hydrogen-bond acceptors (Lipinski definition) is 3. The zero-order valence-corrected chi connectivity index (χ0v) is 4.61. The fourth-order valence-corrected chi connectivity index (χ4v) is 0.444. The third-order valence-corrected chi connectivity index (χ3v) is 0.810. The molecule has 0 radical (unpaired) electrons. The van der Waals surface area contributed by atoms with Crippen molar-refractivity contribution in [3.8, 4) is 0 Å². The Hall–Kier alpha value is -1.45. The molecule has 0 aliphatic heterocycles. The number of nitrogens with one attached hydrogen (secondary N) is 1. The molecule has 4 nitrogen and oxygen atoms in total. The number of nitrogens with zero attached hydrogens (tertiary/aromatic N) is 2. The second-order valence-electron chi connectivity index (χ2n) is 1.39. The molecule has 0 aliphatic carbocycles. The second-order valence-corrected chi connectivity index (χ2v) is 1.39. The van der Waals surface area contributed by atoms with Gasteiger partial charge in [0.1, 0.15) is 0 Å². The molecule has 1 rings (SSSR count). The van der Waals surface area contributed by atoms with Crippen molar-refractivity contribution in [2.75, 3.05) is 5.32 Å². The summed E-state index contributed by atoms with van der Waals surface area (Å²) in [5.41, 5.74) is 0.653. The van der Waals surface area contributed by atoms with E-state index in [0.717, 1.165) is 0 Å². The van der Waals surface area contributed by atoms with E-state index < -0.39 is 0 Å². The van der Waals surface area contributed by atoms with Crippen LogP contribution in [0.2, 0.25) is 0 Å². The van der Waals surface area contributed by atoms with E-state index in [1.807, 2.05) is 0 Å². The first kappa shape index (κ1) is 5.68. The molecule has 1 N–H and O–H groups in total. The summed E-state index contributed by atoms with van der Waals surface area (Å²) < 4.78 is 0. The van der Waals surface area contributed by atoms with Gasteiger partial charge in [0.2, 0.25) is 6.41 Å². The summed E-state index contributed by atoms with van der Waals surface area (Å²) in [6.45, 7) is 0. The Balaban J connectivity index is 2.72. The highest BCUT2D eigenvalue weighted by Crippen LogP contribution is 1.97. The van der Waals surface area contributed by atoms with Crippen LogP contribution in [0.5, 0.6) is 0 Å². The van der Waals surface area contributed by atoms with Crippen molar-refractivity contribution >= 4 is 12.1 Å². The van der Waals surface area contributed by atoms with Gasteiger partial charge in [0, 0.05) is 0 Å². The molecular weight excluding hydrogens is 118 g/mol. The SMILES string of the molecule is O=CNc1ccnnc1. The lowest BCUT2D eigenvalue weighted by atomic mass is 10.5. The molecule has 0 aromatic carbocycles. The molecule has 0 spiro atoms. The first-order chi connectivity index (χ1) is 4.43. The van der Waals surface area contributed by atoms with Gasteiger partial charge in [-0.3, -0.25) is 4.79 Å². The van der Waals surface area contributed by atoms with Gasteiger partial charge in [-0.25, -0.2) is 0 Å². The molecule has 1 amide bonds. The Kier molecular flexibility index (Phi) is 1.74. The van der Waals surface area contributed by atoms with Crippen LogP contribution in [-0.4, -0.2) is 16.6 Å². The summed E-state index contributed by atoms with van der Waals surface area (Å²) in [4.78, 5) is 9.81. The Bertz CT molecular complexity index is 187. The molecule has 0 bridgehead atoms. The molecule has 4 heteroatoms. The van der Waals surface area contributed by atoms with Gasteiger partial charge < -0.3 is 5.32 Å². The molecule has 9 heavy (non-hydrogen) atoms. The number of amides is 1. The molecule has 0 unspecified atom stereocenters. The number of hydrogen-bond donors (Lipinski definition) is 1. The Morgan fingerprint density at radius 1 is 1.56 bits per heavy atom. The highest BCUT2D eigenvalue weighted by Gasteiger charge is 1.83. The van der Waals surface area contributed by atoms with Crippen molar-refractivity contribution in [2.24, 2.45) is 0 Å². The van der Waals surface area contributed by atoms with Gasteiger partial charge in [0.15, 0.2) is 0 Å². The number of rotatable bonds is 2. The van der Waals surface area contributed by atoms with Crippen LogP contribution in [0.15, 0.2) is 18.5 Å². The molecule has 0 aliphatic rings. The van der Waals surface area contributed by atoms with E-state index in [0.29, 0.717) is 12.1 Å². The van der Waals surface area contributed by atoms with E-state index in [-0.39, 0.29) is 0 Å². The maximum Gasteiger partial charge on any atom is 0.211 e. The molecule has 1 heterocycles. The lowest BCUT2D eigenvalue weighted by Crippen LogP contribution is -1.93. The number of carbonyl (C=O) groups is 1. The zero-order valence-electron chi connectivity index (χ0n) is 4.61. The van der Waals surface area contributed by atoms with Crippen LogP contribution in [0.4, 0.5) is 5.69 Å². The lowest BCUT2D eigenvalue weighted by Gasteiger charge is -1.91. The first-order valence-electron chi connectivity index (χ1n) is 2.40. The van der Waals surface area contributed by atoms with E-state index in [9.17, 15) is 4.79 Å². The molecule has 1 aromatic heterocycles. The average Bonchev–Trinajstić information content (AvgIpc) is 1.91. The zero-order chi connectivity index (χ0) is 6.53. The van der Waals surface area contributed by atoms with Crippen LogP contribution in [-0.2, 0) is 4.79 Å². The van der Waals surface area contributed by atoms with Crippen LogP contribution in [0.1, 0.15) is 0 Å². The summed E-state index contributed by atoms with van der Waals surface area (Å²) in [5, 5.41) is 9.48. The van der Waals surface area contributed by atoms with Crippen LogP contribution in [0.25, 0.3) is 0 Å². The minimum Gasteiger partial charge on any atom is -0.327 e. The fourth-order valence-electron chi connectivity index (χ4n) is 0.444. The summed E-state index contributed by atoms with van der Waals surface area (Å²) in [5.74, 6) is 0. The summed E-state index contributed by atoms with van der Waals surface area (Å²) >= 11 is 0. The summed E-state index contributed by atoms with van der Waals surface area (Å²) in [6, 6.07) is 1.65. The van der Waals surface area contributed by atoms with Crippen LogP contribution < -0.4 is 5.32 Å². The highest BCUT2D eigenvalue weighted by atomic mass is 16.1. The number of carbonyl (C=O) groups excluding carboxylic acids is 1. The van der Waals surface area contributed by atoms with Crippen LogP contribution >= 0.6 is 0 Å². The van der Waals surface area contributed by atoms with E-state index >= 15 is 0 Å². The van der Waals surface area contributed by atoms with Crippen molar-refractivity contribution in [3.05, 3.63) is 18.5 Å². The van der Waals surface area contributed by atoms with Crippen molar-refractivity contribution in [2.45, 2.75) is 0 Å². The van der Waals surface area contributed by atoms with E-state index in [1.165, 1.54) is 12.4 Å². The predicted octanol–water partition coefficient (Wildman–Crippen LogP) is 0.0449. The molecule has 0 atom stereocenters. The topological polar surface area (TPSA) is 54.9 Å². The Morgan fingerprint density at radius 2 is 2.44 bits per heavy atom. The summed E-state index contributed by atoms with van der Waals surface area (Å²) in [6.07, 6.45) is 3.57. The van der Waals surface area contributed by atoms with Gasteiger partial charge >= 0.3 is 0 Å². The Labute approximate surface area is 51.9 Å².